The number of ether oxygens (including phenoxy) is 3. The van der Waals surface area contributed by atoms with Crippen LogP contribution in [0.2, 0.25) is 0 Å². The van der Waals surface area contributed by atoms with E-state index in [9.17, 15) is 47.9 Å². The van der Waals surface area contributed by atoms with E-state index >= 15 is 0 Å². The van der Waals surface area contributed by atoms with Crippen LogP contribution in [-0.2, 0) is 19.1 Å². The number of aliphatic imine (C=N–C) groups is 1. The van der Waals surface area contributed by atoms with E-state index in [0.29, 0.717) is 61.5 Å². The molecule has 0 saturated heterocycles. The van der Waals surface area contributed by atoms with Gasteiger partial charge in [0.05, 0.1) is 18.8 Å². The van der Waals surface area contributed by atoms with E-state index in [1.807, 2.05) is 0 Å². The first kappa shape index (κ1) is 37.7. The zero-order valence-corrected chi connectivity index (χ0v) is 27.3. The Labute approximate surface area is 281 Å². The molecular weight excluding hydrogens is 711 g/mol. The number of hydrogen-bond acceptors (Lipinski definition) is 8. The molecule has 0 heterocycles. The quantitative estimate of drug-likeness (QED) is 0.111. The summed E-state index contributed by atoms with van der Waals surface area (Å²) in [6.45, 7) is -0.233. The predicted octanol–water partition coefficient (Wildman–Crippen LogP) is 8.00. The van der Waals surface area contributed by atoms with Gasteiger partial charge in [-0.1, -0.05) is 5.16 Å². The first-order chi connectivity index (χ1) is 23.3. The van der Waals surface area contributed by atoms with E-state index in [1.54, 1.807) is 6.92 Å². The van der Waals surface area contributed by atoms with Crippen molar-refractivity contribution in [1.29, 1.82) is 0 Å². The fraction of sp³-hybridized carbons (Fsp3) is 0.562. The van der Waals surface area contributed by atoms with Gasteiger partial charge < -0.3 is 14.2 Å². The summed E-state index contributed by atoms with van der Waals surface area (Å²) >= 11 is 0. The molecule has 276 valence electrons. The van der Waals surface area contributed by atoms with Crippen LogP contribution in [0, 0.1) is 17.8 Å². The SMILES string of the molecule is CCOc1ccc(/C(=N\COc2ccc(/C(=N\OS(=O)(=O)C(F)(F)C(F)COC34CC5CC(CC(C5)C3)C4)C(F)(F)F)cc2)C(F)(F)F)cc1. The third kappa shape index (κ3) is 8.49. The normalized spacial score (nSPS) is 25.0. The van der Waals surface area contributed by atoms with Crippen molar-refractivity contribution < 1.29 is 66.4 Å². The van der Waals surface area contributed by atoms with Gasteiger partial charge in [0.2, 0.25) is 6.17 Å². The van der Waals surface area contributed by atoms with Crippen molar-refractivity contribution in [2.24, 2.45) is 27.9 Å². The molecule has 1 unspecified atom stereocenters. The Hall–Kier alpha value is -3.54. The van der Waals surface area contributed by atoms with Crippen LogP contribution in [0.4, 0.5) is 39.5 Å². The van der Waals surface area contributed by atoms with Crippen molar-refractivity contribution in [2.75, 3.05) is 19.9 Å². The van der Waals surface area contributed by atoms with Gasteiger partial charge in [0, 0.05) is 11.1 Å². The number of rotatable bonds is 14. The summed E-state index contributed by atoms with van der Waals surface area (Å²) in [5.41, 5.74) is -5.41. The maximum atomic E-state index is 14.7. The molecule has 2 aromatic rings. The second kappa shape index (κ2) is 14.2. The van der Waals surface area contributed by atoms with Crippen LogP contribution in [0.1, 0.15) is 56.6 Å². The minimum Gasteiger partial charge on any atom is -0.494 e. The lowest BCUT2D eigenvalue weighted by Crippen LogP contribution is -2.53. The molecule has 8 nitrogen and oxygen atoms in total. The van der Waals surface area contributed by atoms with Crippen molar-refractivity contribution in [3.05, 3.63) is 59.7 Å². The molecule has 1 atom stereocenters. The van der Waals surface area contributed by atoms with Crippen LogP contribution >= 0.6 is 0 Å². The monoisotopic (exact) mass is 744 g/mol. The fourth-order valence-corrected chi connectivity index (χ4v) is 7.87. The molecule has 0 spiro atoms. The molecule has 50 heavy (non-hydrogen) atoms. The Morgan fingerprint density at radius 3 is 1.70 bits per heavy atom. The molecular formula is C32H33F9N2O6S. The standard InChI is InChI=1S/C32H33F9N2O6S/c1-2-46-24-7-3-22(4-8-24)27(30(34,35)36)42-18-47-25-9-5-23(6-10-25)28(31(37,38)39)43-49-50(44,45)32(40,41)26(33)17-48-29-14-19-11-20(15-29)13-21(12-19)16-29/h3-10,19-21,26H,2,11-18H2,1H3/b42-27+,43-28+. The summed E-state index contributed by atoms with van der Waals surface area (Å²) in [7, 11) is -6.38. The van der Waals surface area contributed by atoms with Gasteiger partial charge >= 0.3 is 27.7 Å². The number of hydrogen-bond donors (Lipinski definition) is 0. The lowest BCUT2D eigenvalue weighted by molar-refractivity contribution is -0.181. The van der Waals surface area contributed by atoms with E-state index in [0.717, 1.165) is 43.5 Å². The Morgan fingerprint density at radius 2 is 1.24 bits per heavy atom. The molecule has 18 heteroatoms. The Bertz CT molecular complexity index is 1630. The lowest BCUT2D eigenvalue weighted by Gasteiger charge is -2.56. The highest BCUT2D eigenvalue weighted by atomic mass is 32.2. The van der Waals surface area contributed by atoms with Gasteiger partial charge in [-0.05, 0) is 112 Å². The molecule has 4 bridgehead atoms. The van der Waals surface area contributed by atoms with Gasteiger partial charge in [0.15, 0.2) is 12.4 Å². The third-order valence-corrected chi connectivity index (χ3v) is 10.2. The minimum absolute atomic E-state index is 0.258. The van der Waals surface area contributed by atoms with Crippen molar-refractivity contribution >= 4 is 21.5 Å². The van der Waals surface area contributed by atoms with Crippen LogP contribution in [-0.4, -0.2) is 69.2 Å². The number of halogens is 9. The molecule has 4 aliphatic carbocycles. The smallest absolute Gasteiger partial charge is 0.437 e. The molecule has 0 N–H and O–H groups in total. The summed E-state index contributed by atoms with van der Waals surface area (Å²) in [6.07, 6.45) is -9.28. The summed E-state index contributed by atoms with van der Waals surface area (Å²) in [6, 6.07) is 7.95. The van der Waals surface area contributed by atoms with E-state index in [1.165, 1.54) is 12.1 Å². The van der Waals surface area contributed by atoms with Crippen LogP contribution in [0.5, 0.6) is 11.5 Å². The maximum absolute atomic E-state index is 14.7. The zero-order valence-electron chi connectivity index (χ0n) is 26.4. The highest BCUT2D eigenvalue weighted by Crippen LogP contribution is 2.57. The molecule has 4 aliphatic rings. The average Bonchev–Trinajstić information content (AvgIpc) is 3.01. The van der Waals surface area contributed by atoms with Crippen molar-refractivity contribution in [2.45, 2.75) is 74.8 Å². The minimum atomic E-state index is -6.38. The summed E-state index contributed by atoms with van der Waals surface area (Å²) < 4.78 is 171. The highest BCUT2D eigenvalue weighted by molar-refractivity contribution is 7.87. The van der Waals surface area contributed by atoms with Crippen LogP contribution < -0.4 is 9.47 Å². The zero-order chi connectivity index (χ0) is 36.5. The fourth-order valence-electron chi connectivity index (χ4n) is 7.22. The predicted molar refractivity (Wildman–Crippen MR) is 161 cm³/mol. The molecule has 4 fully saturated rings. The van der Waals surface area contributed by atoms with E-state index < -0.39 is 69.8 Å². The topological polar surface area (TPSA) is 95.8 Å². The van der Waals surface area contributed by atoms with Crippen molar-refractivity contribution in [3.63, 3.8) is 0 Å². The number of alkyl halides is 9. The van der Waals surface area contributed by atoms with Crippen molar-refractivity contribution in [3.8, 4) is 11.5 Å². The molecule has 0 aromatic heterocycles. The third-order valence-electron chi connectivity index (χ3n) is 9.00. The highest BCUT2D eigenvalue weighted by Gasteiger charge is 2.58. The molecule has 2 aromatic carbocycles. The molecule has 6 rings (SSSR count). The summed E-state index contributed by atoms with van der Waals surface area (Å²) in [5.74, 6) is 1.01. The summed E-state index contributed by atoms with van der Waals surface area (Å²) in [4.78, 5) is 3.41. The van der Waals surface area contributed by atoms with Crippen LogP contribution in [0.15, 0.2) is 58.7 Å². The van der Waals surface area contributed by atoms with Crippen molar-refractivity contribution in [1.82, 2.24) is 0 Å². The molecule has 0 amide bonds. The first-order valence-corrected chi connectivity index (χ1v) is 17.0. The average molecular weight is 745 g/mol. The Kier molecular flexibility index (Phi) is 10.7. The van der Waals surface area contributed by atoms with E-state index in [2.05, 4.69) is 14.4 Å². The Morgan fingerprint density at radius 1 is 0.780 bits per heavy atom. The molecule has 4 saturated carbocycles. The first-order valence-electron chi connectivity index (χ1n) is 15.6. The van der Waals surface area contributed by atoms with Gasteiger partial charge in [-0.25, -0.2) is 9.38 Å². The van der Waals surface area contributed by atoms with Crippen LogP contribution in [0.25, 0.3) is 0 Å². The Balaban J connectivity index is 1.23. The maximum Gasteiger partial charge on any atom is 0.437 e. The van der Waals surface area contributed by atoms with Gasteiger partial charge in [0.1, 0.15) is 17.2 Å². The van der Waals surface area contributed by atoms with Gasteiger partial charge in [-0.3, -0.25) is 4.28 Å². The van der Waals surface area contributed by atoms with Gasteiger partial charge in [-0.2, -0.15) is 43.5 Å². The molecule has 0 aliphatic heterocycles. The number of benzene rings is 2. The second-order valence-electron chi connectivity index (χ2n) is 12.7. The summed E-state index contributed by atoms with van der Waals surface area (Å²) in [5, 5.41) is -2.90. The lowest BCUT2D eigenvalue weighted by atomic mass is 9.54. The van der Waals surface area contributed by atoms with Crippen LogP contribution in [0.3, 0.4) is 0 Å². The van der Waals surface area contributed by atoms with Gasteiger partial charge in [-0.15, -0.1) is 0 Å². The number of nitrogens with zero attached hydrogens (tertiary/aromatic N) is 2. The van der Waals surface area contributed by atoms with Gasteiger partial charge in [0.25, 0.3) is 0 Å². The second-order valence-corrected chi connectivity index (χ2v) is 14.3. The largest absolute Gasteiger partial charge is 0.494 e. The number of oxime groups is 1. The van der Waals surface area contributed by atoms with E-state index in [4.69, 9.17) is 14.2 Å². The van der Waals surface area contributed by atoms with E-state index in [-0.39, 0.29) is 11.3 Å². The molecule has 0 radical (unpaired) electrons.